The van der Waals surface area contributed by atoms with Gasteiger partial charge in [-0.2, -0.15) is 0 Å². The van der Waals surface area contributed by atoms with Crippen LogP contribution in [0.4, 0.5) is 0 Å². The zero-order valence-corrected chi connectivity index (χ0v) is 6.36. The van der Waals surface area contributed by atoms with Crippen molar-refractivity contribution in [2.24, 2.45) is 5.16 Å². The molecule has 0 spiro atoms. The van der Waals surface area contributed by atoms with Gasteiger partial charge in [0.15, 0.2) is 0 Å². The largest absolute Gasteiger partial charge is 1.00 e. The maximum absolute atomic E-state index is 9.22. The van der Waals surface area contributed by atoms with Crippen LogP contribution in [-0.2, 0) is 0 Å². The summed E-state index contributed by atoms with van der Waals surface area (Å²) in [5.74, 6) is 0. The second-order valence-corrected chi connectivity index (χ2v) is 1.04. The third-order valence-corrected chi connectivity index (χ3v) is 0.183. The van der Waals surface area contributed by atoms with E-state index in [1.165, 1.54) is 0 Å². The summed E-state index contributed by atoms with van der Waals surface area (Å²) in [6, 6.07) is 0. The summed E-state index contributed by atoms with van der Waals surface area (Å²) < 4.78 is 0. The predicted molar refractivity (Wildman–Crippen MR) is 22.1 cm³/mol. The first kappa shape index (κ1) is 9.69. The van der Waals surface area contributed by atoms with Gasteiger partial charge >= 0.3 is 29.6 Å². The molecule has 0 aromatic heterocycles. The molecular formula is C3H6NNaO. The predicted octanol–water partition coefficient (Wildman–Crippen LogP) is -2.03. The molecular weight excluding hydrogens is 89.0 g/mol. The molecule has 0 bridgehead atoms. The van der Waals surface area contributed by atoms with Gasteiger partial charge in [-0.3, -0.25) is 0 Å². The van der Waals surface area contributed by atoms with Crippen LogP contribution in [0.15, 0.2) is 5.16 Å². The average Bonchev–Trinajstić information content (AvgIpc) is 1.38. The molecule has 0 aliphatic rings. The summed E-state index contributed by atoms with van der Waals surface area (Å²) in [6.07, 6.45) is 0. The first-order chi connectivity index (χ1) is 2.27. The molecule has 30 valence electrons. The maximum atomic E-state index is 9.22. The Morgan fingerprint density at radius 1 is 1.50 bits per heavy atom. The Hall–Kier alpha value is 0.470. The van der Waals surface area contributed by atoms with Crippen molar-refractivity contribution < 1.29 is 29.6 Å². The van der Waals surface area contributed by atoms with Crippen molar-refractivity contribution in [1.82, 2.24) is 0 Å². The van der Waals surface area contributed by atoms with Crippen LogP contribution < -0.4 is 29.6 Å². The topological polar surface area (TPSA) is 35.4 Å². The van der Waals surface area contributed by atoms with E-state index in [-0.39, 0.29) is 29.6 Å². The van der Waals surface area contributed by atoms with Crippen molar-refractivity contribution in [2.75, 3.05) is 0 Å². The van der Waals surface area contributed by atoms with Gasteiger partial charge < -0.3 is 10.4 Å². The van der Waals surface area contributed by atoms with Gasteiger partial charge in [0.1, 0.15) is 0 Å². The molecule has 0 amide bonds. The van der Waals surface area contributed by atoms with Crippen molar-refractivity contribution in [1.29, 1.82) is 0 Å². The van der Waals surface area contributed by atoms with Gasteiger partial charge in [0.2, 0.25) is 0 Å². The second-order valence-electron chi connectivity index (χ2n) is 1.04. The molecule has 0 aliphatic heterocycles. The van der Waals surface area contributed by atoms with Crippen molar-refractivity contribution in [3.05, 3.63) is 5.21 Å². The molecule has 0 saturated carbocycles. The number of nitrogens with zero attached hydrogens (tertiary/aromatic N) is 1. The van der Waals surface area contributed by atoms with Crippen molar-refractivity contribution in [2.45, 2.75) is 13.8 Å². The molecule has 0 fully saturated rings. The average molecular weight is 95.1 g/mol. The van der Waals surface area contributed by atoms with Gasteiger partial charge in [-0.1, -0.05) is 0 Å². The van der Waals surface area contributed by atoms with E-state index in [0.29, 0.717) is 5.71 Å². The first-order valence-electron chi connectivity index (χ1n) is 1.41. The van der Waals surface area contributed by atoms with E-state index in [1.54, 1.807) is 13.8 Å². The minimum atomic E-state index is 0. The summed E-state index contributed by atoms with van der Waals surface area (Å²) in [5.41, 5.74) is 0.574. The van der Waals surface area contributed by atoms with E-state index in [9.17, 15) is 5.21 Å². The van der Waals surface area contributed by atoms with Gasteiger partial charge in [0.25, 0.3) is 0 Å². The maximum Gasteiger partial charge on any atom is 1.00 e. The van der Waals surface area contributed by atoms with E-state index in [0.717, 1.165) is 0 Å². The fraction of sp³-hybridized carbons (Fsp3) is 0.667. The van der Waals surface area contributed by atoms with Crippen LogP contribution in [0.2, 0.25) is 0 Å². The van der Waals surface area contributed by atoms with Crippen LogP contribution >= 0.6 is 0 Å². The summed E-state index contributed by atoms with van der Waals surface area (Å²) >= 11 is 0. The SMILES string of the molecule is CC(C)=N[O-].[Na+]. The van der Waals surface area contributed by atoms with Crippen LogP contribution in [0.3, 0.4) is 0 Å². The summed E-state index contributed by atoms with van der Waals surface area (Å²) in [6.45, 7) is 3.32. The molecule has 0 rings (SSSR count). The third kappa shape index (κ3) is 8.82. The fourth-order valence-corrected chi connectivity index (χ4v) is 0. The van der Waals surface area contributed by atoms with Crippen LogP contribution in [0.25, 0.3) is 0 Å². The molecule has 6 heavy (non-hydrogen) atoms. The fourth-order valence-electron chi connectivity index (χ4n) is 0. The molecule has 0 aliphatic carbocycles. The quantitative estimate of drug-likeness (QED) is 0.194. The molecule has 0 atom stereocenters. The molecule has 0 N–H and O–H groups in total. The van der Waals surface area contributed by atoms with Crippen molar-refractivity contribution >= 4 is 5.71 Å². The Morgan fingerprint density at radius 3 is 1.67 bits per heavy atom. The van der Waals surface area contributed by atoms with E-state index in [1.807, 2.05) is 0 Å². The van der Waals surface area contributed by atoms with Crippen molar-refractivity contribution in [3.8, 4) is 0 Å². The molecule has 0 aromatic carbocycles. The monoisotopic (exact) mass is 95.0 g/mol. The summed E-state index contributed by atoms with van der Waals surface area (Å²) in [5, 5.41) is 11.8. The first-order valence-corrected chi connectivity index (χ1v) is 1.41. The van der Waals surface area contributed by atoms with Gasteiger partial charge in [0.05, 0.1) is 0 Å². The molecule has 2 nitrogen and oxygen atoms in total. The Balaban J connectivity index is 0. The van der Waals surface area contributed by atoms with Crippen LogP contribution in [0.5, 0.6) is 0 Å². The molecule has 0 aromatic rings. The van der Waals surface area contributed by atoms with E-state index >= 15 is 0 Å². The standard InChI is InChI=1S/C3H7NO.Na/c1-3(2)4-5;/h5H,1-2H3;/q;+1/p-1. The van der Waals surface area contributed by atoms with E-state index in [2.05, 4.69) is 5.16 Å². The van der Waals surface area contributed by atoms with Gasteiger partial charge in [0, 0.05) is 5.71 Å². The normalized spacial score (nSPS) is 5.67. The summed E-state index contributed by atoms with van der Waals surface area (Å²) in [4.78, 5) is 0. The zero-order valence-electron chi connectivity index (χ0n) is 4.36. The van der Waals surface area contributed by atoms with Gasteiger partial charge in [-0.15, -0.1) is 0 Å². The van der Waals surface area contributed by atoms with E-state index < -0.39 is 0 Å². The second kappa shape index (κ2) is 5.47. The Labute approximate surface area is 59.5 Å². The van der Waals surface area contributed by atoms with Crippen LogP contribution in [0.1, 0.15) is 13.8 Å². The minimum absolute atomic E-state index is 0. The molecule has 0 radical (unpaired) electrons. The Bertz CT molecular complexity index is 48.8. The van der Waals surface area contributed by atoms with Crippen LogP contribution in [0, 0.1) is 5.21 Å². The number of hydrogen-bond acceptors (Lipinski definition) is 2. The summed E-state index contributed by atoms with van der Waals surface area (Å²) in [7, 11) is 0. The number of hydrogen-bond donors (Lipinski definition) is 0. The smallest absolute Gasteiger partial charge is 0.792 e. The molecule has 3 heteroatoms. The Kier molecular flexibility index (Phi) is 8.83. The van der Waals surface area contributed by atoms with Gasteiger partial charge in [-0.25, -0.2) is 0 Å². The zero-order chi connectivity index (χ0) is 4.28. The van der Waals surface area contributed by atoms with Gasteiger partial charge in [-0.05, 0) is 13.8 Å². The van der Waals surface area contributed by atoms with E-state index in [4.69, 9.17) is 0 Å². The molecule has 0 heterocycles. The van der Waals surface area contributed by atoms with Crippen LogP contribution in [-0.4, -0.2) is 5.71 Å². The third-order valence-electron chi connectivity index (χ3n) is 0.183. The number of rotatable bonds is 0. The van der Waals surface area contributed by atoms with Crippen molar-refractivity contribution in [3.63, 3.8) is 0 Å². The Morgan fingerprint density at radius 2 is 1.67 bits per heavy atom. The minimum Gasteiger partial charge on any atom is -0.792 e. The molecule has 0 unspecified atom stereocenters. The molecule has 0 saturated heterocycles.